The van der Waals surface area contributed by atoms with Crippen LogP contribution in [0.1, 0.15) is 50.5 Å². The van der Waals surface area contributed by atoms with E-state index in [4.69, 9.17) is 4.74 Å². The maximum atomic E-state index is 12.8. The second-order valence-electron chi connectivity index (χ2n) is 8.47. The van der Waals surface area contributed by atoms with Gasteiger partial charge in [0.1, 0.15) is 5.75 Å². The van der Waals surface area contributed by atoms with Crippen molar-refractivity contribution < 1.29 is 9.53 Å². The lowest BCUT2D eigenvalue weighted by molar-refractivity contribution is -0.146. The molecule has 24 heavy (non-hydrogen) atoms. The fraction of sp³-hybridized carbons (Fsp3) is 0.667. The minimum Gasteiger partial charge on any atom is -0.494 e. The van der Waals surface area contributed by atoms with Gasteiger partial charge in [0, 0.05) is 12.0 Å². The molecule has 0 atom stereocenters. The molecule has 4 fully saturated rings. The van der Waals surface area contributed by atoms with Crippen LogP contribution in [0.2, 0.25) is 0 Å². The number of carbonyl (C=O) groups excluding carboxylic acids is 1. The number of hydrogen-bond donors (Lipinski definition) is 1. The second-order valence-corrected chi connectivity index (χ2v) is 8.47. The van der Waals surface area contributed by atoms with Gasteiger partial charge in [-0.15, -0.1) is 0 Å². The summed E-state index contributed by atoms with van der Waals surface area (Å²) in [6.07, 6.45) is 8.45. The Kier molecular flexibility index (Phi) is 4.28. The fourth-order valence-corrected chi connectivity index (χ4v) is 5.75. The summed E-state index contributed by atoms with van der Waals surface area (Å²) in [5.74, 6) is 3.73. The van der Waals surface area contributed by atoms with Crippen molar-refractivity contribution >= 4 is 5.91 Å². The van der Waals surface area contributed by atoms with E-state index in [0.29, 0.717) is 12.5 Å². The molecule has 1 aromatic rings. The monoisotopic (exact) mass is 327 g/mol. The Morgan fingerprint density at radius 1 is 1.17 bits per heavy atom. The molecule has 0 spiro atoms. The fourth-order valence-electron chi connectivity index (χ4n) is 5.75. The van der Waals surface area contributed by atoms with Gasteiger partial charge in [0.2, 0.25) is 5.91 Å². The minimum atomic E-state index is -0.0217. The third-order valence-corrected chi connectivity index (χ3v) is 6.38. The topological polar surface area (TPSA) is 38.3 Å². The largest absolute Gasteiger partial charge is 0.494 e. The average Bonchev–Trinajstić information content (AvgIpc) is 2.53. The van der Waals surface area contributed by atoms with E-state index in [1.54, 1.807) is 0 Å². The van der Waals surface area contributed by atoms with Gasteiger partial charge in [-0.05, 0) is 87.3 Å². The lowest BCUT2D eigenvalue weighted by Gasteiger charge is -2.55. The number of rotatable bonds is 6. The standard InChI is InChI=1S/C21H29NO2/c1-15-4-2-5-19(8-15)24-7-3-6-22-20(23)21-12-16-9-17(13-21)11-18(10-16)14-21/h2,4-5,8,16-18H,3,6-7,9-14H2,1H3,(H,22,23). The highest BCUT2D eigenvalue weighted by molar-refractivity contribution is 5.83. The Hall–Kier alpha value is -1.51. The van der Waals surface area contributed by atoms with Crippen molar-refractivity contribution in [2.45, 2.75) is 51.9 Å². The summed E-state index contributed by atoms with van der Waals surface area (Å²) in [4.78, 5) is 12.8. The lowest BCUT2D eigenvalue weighted by Crippen LogP contribution is -2.53. The molecule has 3 nitrogen and oxygen atoms in total. The number of carbonyl (C=O) groups is 1. The van der Waals surface area contributed by atoms with Crippen LogP contribution in [0.5, 0.6) is 5.75 Å². The third-order valence-electron chi connectivity index (χ3n) is 6.38. The maximum Gasteiger partial charge on any atom is 0.226 e. The molecule has 0 aromatic heterocycles. The Morgan fingerprint density at radius 3 is 2.46 bits per heavy atom. The van der Waals surface area contributed by atoms with Gasteiger partial charge in [-0.3, -0.25) is 4.79 Å². The highest BCUT2D eigenvalue weighted by atomic mass is 16.5. The van der Waals surface area contributed by atoms with Crippen LogP contribution in [0.25, 0.3) is 0 Å². The molecule has 130 valence electrons. The van der Waals surface area contributed by atoms with Crippen molar-refractivity contribution in [2.24, 2.45) is 23.2 Å². The van der Waals surface area contributed by atoms with Gasteiger partial charge in [0.05, 0.1) is 6.61 Å². The van der Waals surface area contributed by atoms with E-state index in [0.717, 1.165) is 55.7 Å². The van der Waals surface area contributed by atoms with E-state index < -0.39 is 0 Å². The first-order valence-corrected chi connectivity index (χ1v) is 9.61. The molecule has 4 aliphatic carbocycles. The van der Waals surface area contributed by atoms with E-state index in [1.165, 1.54) is 24.8 Å². The summed E-state index contributed by atoms with van der Waals surface area (Å²) in [6.45, 7) is 3.45. The number of benzene rings is 1. The van der Waals surface area contributed by atoms with Crippen LogP contribution in [-0.2, 0) is 4.79 Å². The van der Waals surface area contributed by atoms with Gasteiger partial charge >= 0.3 is 0 Å². The van der Waals surface area contributed by atoms with Gasteiger partial charge in [0.25, 0.3) is 0 Å². The highest BCUT2D eigenvalue weighted by Crippen LogP contribution is 2.60. The molecular formula is C21H29NO2. The number of amides is 1. The van der Waals surface area contributed by atoms with E-state index in [-0.39, 0.29) is 5.41 Å². The van der Waals surface area contributed by atoms with Crippen molar-refractivity contribution in [3.63, 3.8) is 0 Å². The van der Waals surface area contributed by atoms with Gasteiger partial charge < -0.3 is 10.1 Å². The zero-order chi connectivity index (χ0) is 16.6. The van der Waals surface area contributed by atoms with Crippen molar-refractivity contribution in [3.8, 4) is 5.75 Å². The quantitative estimate of drug-likeness (QED) is 0.799. The van der Waals surface area contributed by atoms with E-state index >= 15 is 0 Å². The molecular weight excluding hydrogens is 298 g/mol. The first-order valence-electron chi connectivity index (χ1n) is 9.61. The molecule has 5 rings (SSSR count). The number of nitrogens with one attached hydrogen (secondary N) is 1. The van der Waals surface area contributed by atoms with Crippen LogP contribution in [0.3, 0.4) is 0 Å². The Morgan fingerprint density at radius 2 is 1.83 bits per heavy atom. The molecule has 1 aromatic carbocycles. The molecule has 0 radical (unpaired) electrons. The molecule has 0 heterocycles. The number of aryl methyl sites for hydroxylation is 1. The minimum absolute atomic E-state index is 0.0217. The summed E-state index contributed by atoms with van der Waals surface area (Å²) < 4.78 is 5.77. The first kappa shape index (κ1) is 16.0. The van der Waals surface area contributed by atoms with Crippen LogP contribution in [-0.4, -0.2) is 19.1 Å². The molecule has 0 unspecified atom stereocenters. The summed E-state index contributed by atoms with van der Waals surface area (Å²) in [5, 5.41) is 3.22. The van der Waals surface area contributed by atoms with E-state index in [9.17, 15) is 4.79 Å². The van der Waals surface area contributed by atoms with Gasteiger partial charge in [-0.25, -0.2) is 0 Å². The van der Waals surface area contributed by atoms with Crippen molar-refractivity contribution in [1.29, 1.82) is 0 Å². The van der Waals surface area contributed by atoms with Crippen molar-refractivity contribution in [3.05, 3.63) is 29.8 Å². The zero-order valence-electron chi connectivity index (χ0n) is 14.7. The Balaban J connectivity index is 1.23. The molecule has 4 aliphatic rings. The normalized spacial score (nSPS) is 33.5. The molecule has 1 amide bonds. The SMILES string of the molecule is Cc1cccc(OCCCNC(=O)C23CC4CC(CC(C4)C2)C3)c1. The van der Waals surface area contributed by atoms with E-state index in [2.05, 4.69) is 18.3 Å². The Bertz CT molecular complexity index is 574. The first-order chi connectivity index (χ1) is 11.6. The number of hydrogen-bond acceptors (Lipinski definition) is 2. The van der Waals surface area contributed by atoms with Gasteiger partial charge in [-0.2, -0.15) is 0 Å². The van der Waals surface area contributed by atoms with Crippen LogP contribution in [0, 0.1) is 30.1 Å². The molecule has 0 saturated heterocycles. The smallest absolute Gasteiger partial charge is 0.226 e. The maximum absolute atomic E-state index is 12.8. The zero-order valence-corrected chi connectivity index (χ0v) is 14.7. The van der Waals surface area contributed by atoms with Crippen LogP contribution in [0.15, 0.2) is 24.3 Å². The van der Waals surface area contributed by atoms with Crippen LogP contribution < -0.4 is 10.1 Å². The second kappa shape index (κ2) is 6.42. The highest BCUT2D eigenvalue weighted by Gasteiger charge is 2.54. The van der Waals surface area contributed by atoms with Crippen molar-refractivity contribution in [2.75, 3.05) is 13.2 Å². The van der Waals surface area contributed by atoms with Crippen molar-refractivity contribution in [1.82, 2.24) is 5.32 Å². The molecule has 0 aliphatic heterocycles. The molecule has 3 heteroatoms. The molecule has 4 bridgehead atoms. The predicted octanol–water partition coefficient (Wildman–Crippen LogP) is 4.10. The van der Waals surface area contributed by atoms with E-state index in [1.807, 2.05) is 18.2 Å². The summed E-state index contributed by atoms with van der Waals surface area (Å²) >= 11 is 0. The molecule has 1 N–H and O–H groups in total. The van der Waals surface area contributed by atoms with Crippen LogP contribution in [0.4, 0.5) is 0 Å². The van der Waals surface area contributed by atoms with Gasteiger partial charge in [0.15, 0.2) is 0 Å². The summed E-state index contributed by atoms with van der Waals surface area (Å²) in [7, 11) is 0. The third kappa shape index (κ3) is 3.18. The molecule has 4 saturated carbocycles. The summed E-state index contributed by atoms with van der Waals surface area (Å²) in [5.41, 5.74) is 1.19. The number of ether oxygens (including phenoxy) is 1. The lowest BCUT2D eigenvalue weighted by atomic mass is 9.49. The van der Waals surface area contributed by atoms with Crippen LogP contribution >= 0.6 is 0 Å². The Labute approximate surface area is 145 Å². The van der Waals surface area contributed by atoms with Gasteiger partial charge in [-0.1, -0.05) is 12.1 Å². The predicted molar refractivity (Wildman–Crippen MR) is 94.9 cm³/mol. The summed E-state index contributed by atoms with van der Waals surface area (Å²) in [6, 6.07) is 8.12. The average molecular weight is 327 g/mol.